The third-order valence-corrected chi connectivity index (χ3v) is 4.35. The first-order valence-electron chi connectivity index (χ1n) is 8.65. The molecule has 0 unspecified atom stereocenters. The van der Waals surface area contributed by atoms with Gasteiger partial charge in [-0.2, -0.15) is 0 Å². The Bertz CT molecular complexity index is 999. The second kappa shape index (κ2) is 6.96. The Morgan fingerprint density at radius 1 is 0.963 bits per heavy atom. The average molecular weight is 357 g/mol. The summed E-state index contributed by atoms with van der Waals surface area (Å²) in [5.74, 6) is 0.161. The number of hydrogen-bond acceptors (Lipinski definition) is 4. The van der Waals surface area contributed by atoms with Crippen LogP contribution in [0.15, 0.2) is 72.9 Å². The van der Waals surface area contributed by atoms with Crippen LogP contribution in [0, 0.1) is 0 Å². The first-order valence-corrected chi connectivity index (χ1v) is 8.65. The summed E-state index contributed by atoms with van der Waals surface area (Å²) >= 11 is 0. The maximum atomic E-state index is 13.0. The fourth-order valence-corrected chi connectivity index (χ4v) is 2.97. The van der Waals surface area contributed by atoms with Crippen LogP contribution in [0.4, 0.5) is 5.69 Å². The van der Waals surface area contributed by atoms with Crippen molar-refractivity contribution in [3.05, 3.63) is 89.6 Å². The fraction of sp³-hybridized carbons (Fsp3) is 0.0909. The molecule has 27 heavy (non-hydrogen) atoms. The highest BCUT2D eigenvalue weighted by molar-refractivity contribution is 6.11. The van der Waals surface area contributed by atoms with Gasteiger partial charge >= 0.3 is 0 Å². The molecule has 0 saturated carbocycles. The number of fused-ring (bicyclic) bond motifs is 1. The molecule has 0 aliphatic carbocycles. The number of nitrogens with zero attached hydrogens (tertiary/aromatic N) is 3. The predicted octanol–water partition coefficient (Wildman–Crippen LogP) is 4.10. The molecular formula is C22H19N3O2. The van der Waals surface area contributed by atoms with E-state index in [0.717, 1.165) is 16.8 Å². The van der Waals surface area contributed by atoms with E-state index in [2.05, 4.69) is 4.98 Å². The van der Waals surface area contributed by atoms with Gasteiger partial charge < -0.3 is 9.74 Å². The van der Waals surface area contributed by atoms with E-state index >= 15 is 0 Å². The SMILES string of the molecule is CN(C)c1ccc2c(c1)/C(=C\c1ccccc1)N(Oc1ccccn1)C2=O. The van der Waals surface area contributed by atoms with Gasteiger partial charge in [0.15, 0.2) is 0 Å². The van der Waals surface area contributed by atoms with E-state index in [0.29, 0.717) is 17.1 Å². The van der Waals surface area contributed by atoms with Gasteiger partial charge in [0.25, 0.3) is 5.91 Å². The molecule has 0 saturated heterocycles. The Kier molecular flexibility index (Phi) is 4.34. The predicted molar refractivity (Wildman–Crippen MR) is 106 cm³/mol. The van der Waals surface area contributed by atoms with Crippen molar-refractivity contribution >= 4 is 23.4 Å². The number of hydrogen-bond donors (Lipinski definition) is 0. The average Bonchev–Trinajstić information content (AvgIpc) is 2.95. The largest absolute Gasteiger partial charge is 0.378 e. The van der Waals surface area contributed by atoms with Crippen molar-refractivity contribution in [1.29, 1.82) is 0 Å². The van der Waals surface area contributed by atoms with Crippen LogP contribution >= 0.6 is 0 Å². The van der Waals surface area contributed by atoms with E-state index in [-0.39, 0.29) is 5.91 Å². The molecule has 0 bridgehead atoms. The van der Waals surface area contributed by atoms with Gasteiger partial charge in [0.2, 0.25) is 5.88 Å². The molecule has 5 heteroatoms. The first-order chi connectivity index (χ1) is 13.1. The minimum atomic E-state index is -0.205. The molecule has 1 aliphatic heterocycles. The van der Waals surface area contributed by atoms with Crippen LogP contribution in [-0.4, -0.2) is 30.0 Å². The van der Waals surface area contributed by atoms with Crippen LogP contribution in [0.2, 0.25) is 0 Å². The van der Waals surface area contributed by atoms with Crippen LogP contribution in [0.5, 0.6) is 5.88 Å². The van der Waals surface area contributed by atoms with Crippen molar-refractivity contribution in [2.45, 2.75) is 0 Å². The number of amides is 1. The van der Waals surface area contributed by atoms with Crippen molar-refractivity contribution < 1.29 is 9.63 Å². The van der Waals surface area contributed by atoms with E-state index in [1.807, 2.05) is 79.7 Å². The monoisotopic (exact) mass is 357 g/mol. The summed E-state index contributed by atoms with van der Waals surface area (Å²) in [6.45, 7) is 0. The quantitative estimate of drug-likeness (QED) is 0.705. The molecule has 2 aromatic carbocycles. The lowest BCUT2D eigenvalue weighted by Gasteiger charge is -2.18. The Morgan fingerprint density at radius 2 is 1.74 bits per heavy atom. The Balaban J connectivity index is 1.82. The molecule has 0 fully saturated rings. The lowest BCUT2D eigenvalue weighted by molar-refractivity contribution is 0.0107. The zero-order chi connectivity index (χ0) is 18.8. The summed E-state index contributed by atoms with van der Waals surface area (Å²) in [4.78, 5) is 25.0. The van der Waals surface area contributed by atoms with Gasteiger partial charge in [0.05, 0.1) is 11.3 Å². The summed E-state index contributed by atoms with van der Waals surface area (Å²) in [5.41, 5.74) is 4.14. The number of hydroxylamine groups is 2. The van der Waals surface area contributed by atoms with E-state index in [9.17, 15) is 4.79 Å². The maximum absolute atomic E-state index is 13.0. The maximum Gasteiger partial charge on any atom is 0.292 e. The second-order valence-electron chi connectivity index (χ2n) is 6.42. The summed E-state index contributed by atoms with van der Waals surface area (Å²) < 4.78 is 0. The van der Waals surface area contributed by atoms with Crippen LogP contribution in [0.3, 0.4) is 0 Å². The molecule has 0 atom stereocenters. The number of carbonyl (C=O) groups excluding carboxylic acids is 1. The fourth-order valence-electron chi connectivity index (χ4n) is 2.97. The van der Waals surface area contributed by atoms with Crippen LogP contribution in [0.25, 0.3) is 11.8 Å². The molecular weight excluding hydrogens is 338 g/mol. The lowest BCUT2D eigenvalue weighted by atomic mass is 10.0. The van der Waals surface area contributed by atoms with Crippen LogP contribution < -0.4 is 9.74 Å². The zero-order valence-corrected chi connectivity index (χ0v) is 15.2. The van der Waals surface area contributed by atoms with Gasteiger partial charge in [-0.25, -0.2) is 4.98 Å². The Morgan fingerprint density at radius 3 is 2.44 bits per heavy atom. The summed E-state index contributed by atoms with van der Waals surface area (Å²) in [5, 5.41) is 1.32. The number of rotatable bonds is 4. The van der Waals surface area contributed by atoms with E-state index < -0.39 is 0 Å². The van der Waals surface area contributed by atoms with Gasteiger partial charge in [0.1, 0.15) is 0 Å². The molecule has 1 amide bonds. The van der Waals surface area contributed by atoms with Gasteiger partial charge in [-0.15, -0.1) is 5.06 Å². The minimum absolute atomic E-state index is 0.205. The molecule has 4 rings (SSSR count). The van der Waals surface area contributed by atoms with Gasteiger partial charge in [-0.05, 0) is 35.9 Å². The summed E-state index contributed by atoms with van der Waals surface area (Å²) in [7, 11) is 3.95. The van der Waals surface area contributed by atoms with Crippen molar-refractivity contribution in [3.8, 4) is 5.88 Å². The van der Waals surface area contributed by atoms with Crippen molar-refractivity contribution in [3.63, 3.8) is 0 Å². The van der Waals surface area contributed by atoms with E-state index in [4.69, 9.17) is 4.84 Å². The Hall–Kier alpha value is -3.60. The molecule has 0 radical (unpaired) electrons. The number of benzene rings is 2. The molecule has 5 nitrogen and oxygen atoms in total. The molecule has 2 heterocycles. The molecule has 134 valence electrons. The Labute approximate surface area is 158 Å². The van der Waals surface area contributed by atoms with Crippen molar-refractivity contribution in [2.75, 3.05) is 19.0 Å². The van der Waals surface area contributed by atoms with Gasteiger partial charge in [-0.1, -0.05) is 36.4 Å². The van der Waals surface area contributed by atoms with Crippen molar-refractivity contribution in [1.82, 2.24) is 10.0 Å². The first kappa shape index (κ1) is 16.8. The second-order valence-corrected chi connectivity index (χ2v) is 6.42. The summed E-state index contributed by atoms with van der Waals surface area (Å²) in [6, 6.07) is 21.0. The van der Waals surface area contributed by atoms with Gasteiger partial charge in [0, 0.05) is 37.6 Å². The molecule has 0 N–H and O–H groups in total. The van der Waals surface area contributed by atoms with E-state index in [1.54, 1.807) is 18.3 Å². The van der Waals surface area contributed by atoms with E-state index in [1.165, 1.54) is 5.06 Å². The molecule has 1 aliphatic rings. The third-order valence-electron chi connectivity index (χ3n) is 4.35. The highest BCUT2D eigenvalue weighted by Gasteiger charge is 2.35. The van der Waals surface area contributed by atoms with Gasteiger partial charge in [-0.3, -0.25) is 4.79 Å². The third kappa shape index (κ3) is 3.27. The highest BCUT2D eigenvalue weighted by Crippen LogP contribution is 2.36. The molecule has 0 spiro atoms. The minimum Gasteiger partial charge on any atom is -0.378 e. The van der Waals surface area contributed by atoms with Crippen LogP contribution in [-0.2, 0) is 0 Å². The number of pyridine rings is 1. The highest BCUT2D eigenvalue weighted by atomic mass is 16.7. The standard InChI is InChI=1S/C22H19N3O2/c1-24(2)17-11-12-18-19(15-17)20(14-16-8-4-3-5-9-16)25(22(18)26)27-21-10-6-7-13-23-21/h3-15H,1-2H3/b20-14+. The molecule has 1 aromatic heterocycles. The number of carbonyl (C=O) groups is 1. The summed E-state index contributed by atoms with van der Waals surface area (Å²) in [6.07, 6.45) is 3.58. The van der Waals surface area contributed by atoms with Crippen molar-refractivity contribution in [2.24, 2.45) is 0 Å². The number of anilines is 1. The normalized spacial score (nSPS) is 14.4. The smallest absolute Gasteiger partial charge is 0.292 e. The van der Waals surface area contributed by atoms with Crippen LogP contribution in [0.1, 0.15) is 21.5 Å². The molecule has 3 aromatic rings. The lowest BCUT2D eigenvalue weighted by Crippen LogP contribution is -2.27. The number of aromatic nitrogens is 1. The zero-order valence-electron chi connectivity index (χ0n) is 15.2. The topological polar surface area (TPSA) is 45.7 Å².